The Labute approximate surface area is 106 Å². The second kappa shape index (κ2) is 4.22. The highest BCUT2D eigenvalue weighted by atomic mass is 31.1. The number of rotatable bonds is 1. The van der Waals surface area contributed by atoms with E-state index in [2.05, 4.69) is 19.9 Å². The maximum atomic E-state index is 12.0. The smallest absolute Gasteiger partial charge is 0.250 e. The van der Waals surface area contributed by atoms with Crippen LogP contribution in [0.25, 0.3) is 21.5 Å². The third-order valence-corrected chi connectivity index (χ3v) is 4.39. The van der Waals surface area contributed by atoms with Crippen LogP contribution in [-0.4, -0.2) is 0 Å². The van der Waals surface area contributed by atoms with Crippen LogP contribution in [0.4, 0.5) is 0 Å². The molecule has 0 aliphatic rings. The van der Waals surface area contributed by atoms with Gasteiger partial charge in [0.1, 0.15) is 0 Å². The maximum absolute atomic E-state index is 12.0. The van der Waals surface area contributed by atoms with E-state index in [-0.39, 0.29) is 0 Å². The molecule has 3 rings (SSSR count). The number of benzene rings is 2. The molecule has 2 nitrogen and oxygen atoms in total. The molecule has 1 heterocycles. The Kier molecular flexibility index (Phi) is 2.68. The molecule has 1 aromatic heterocycles. The van der Waals surface area contributed by atoms with E-state index in [1.165, 1.54) is 5.56 Å². The van der Waals surface area contributed by atoms with Gasteiger partial charge in [-0.05, 0) is 40.3 Å². The minimum Gasteiger partial charge on any atom is -0.250 e. The van der Waals surface area contributed by atoms with Gasteiger partial charge in [0.25, 0.3) is 0 Å². The van der Waals surface area contributed by atoms with Crippen LogP contribution < -0.4 is 0 Å². The summed E-state index contributed by atoms with van der Waals surface area (Å²) in [5.74, 6) is 0.471. The monoisotopic (exact) mass is 257 g/mol. The fourth-order valence-corrected chi connectivity index (χ4v) is 3.23. The quantitative estimate of drug-likeness (QED) is 0.542. The van der Waals surface area contributed by atoms with Gasteiger partial charge >= 0.3 is 7.65 Å². The number of fused-ring (bicyclic) bond motifs is 3. The van der Waals surface area contributed by atoms with Gasteiger partial charge in [0, 0.05) is 10.8 Å². The molecule has 0 N–H and O–H groups in total. The molecule has 90 valence electrons. The Morgan fingerprint density at radius 2 is 1.83 bits per heavy atom. The van der Waals surface area contributed by atoms with Crippen molar-refractivity contribution in [1.29, 1.82) is 0 Å². The van der Waals surface area contributed by atoms with Crippen molar-refractivity contribution >= 4 is 29.1 Å². The molecule has 1 atom stereocenters. The molecule has 0 aliphatic carbocycles. The summed E-state index contributed by atoms with van der Waals surface area (Å²) in [6.07, 6.45) is 0. The molecular weight excluding hydrogens is 243 g/mol. The lowest BCUT2D eigenvalue weighted by Gasteiger charge is -2.05. The van der Waals surface area contributed by atoms with E-state index in [4.69, 9.17) is 4.20 Å². The lowest BCUT2D eigenvalue weighted by atomic mass is 10.0. The molecule has 0 radical (unpaired) electrons. The van der Waals surface area contributed by atoms with Crippen LogP contribution in [0.15, 0.2) is 46.7 Å². The molecule has 0 spiro atoms. The molecule has 0 amide bonds. The van der Waals surface area contributed by atoms with E-state index in [1.54, 1.807) is 0 Å². The van der Waals surface area contributed by atoms with Crippen molar-refractivity contribution in [2.45, 2.75) is 19.8 Å². The fraction of sp³-hybridized carbons (Fsp3) is 0.200. The first-order chi connectivity index (χ1) is 8.66. The van der Waals surface area contributed by atoms with E-state index in [0.29, 0.717) is 5.92 Å². The summed E-state index contributed by atoms with van der Waals surface area (Å²) in [7, 11) is -1.77. The minimum atomic E-state index is -1.77. The second-order valence-corrected chi connectivity index (χ2v) is 5.95. The predicted molar refractivity (Wildman–Crippen MR) is 75.4 cm³/mol. The molecule has 2 aromatic carbocycles. The first-order valence-corrected chi connectivity index (χ1v) is 7.23. The van der Waals surface area contributed by atoms with Crippen LogP contribution in [-0.2, 0) is 4.57 Å². The van der Waals surface area contributed by atoms with Crippen molar-refractivity contribution in [3.05, 3.63) is 48.0 Å². The summed E-state index contributed by atoms with van der Waals surface area (Å²) < 4.78 is 17.5. The topological polar surface area (TPSA) is 30.2 Å². The highest BCUT2D eigenvalue weighted by molar-refractivity contribution is 7.37. The van der Waals surface area contributed by atoms with Gasteiger partial charge in [0.15, 0.2) is 5.58 Å². The zero-order valence-electron chi connectivity index (χ0n) is 10.4. The first-order valence-electron chi connectivity index (χ1n) is 6.05. The van der Waals surface area contributed by atoms with Gasteiger partial charge in [-0.25, -0.2) is 4.20 Å². The molecule has 3 aromatic rings. The Bertz CT molecular complexity index is 787. The lowest BCUT2D eigenvalue weighted by Crippen LogP contribution is -1.86. The third-order valence-electron chi connectivity index (χ3n) is 3.24. The van der Waals surface area contributed by atoms with Crippen LogP contribution in [0.5, 0.6) is 0 Å². The van der Waals surface area contributed by atoms with Crippen molar-refractivity contribution < 1.29 is 8.76 Å². The maximum Gasteiger partial charge on any atom is 0.597 e. The molecular formula is C15H14O2P+. The highest BCUT2D eigenvalue weighted by Crippen LogP contribution is 2.36. The normalized spacial score (nSPS) is 12.5. The fourth-order valence-electron chi connectivity index (χ4n) is 2.20. The Balaban J connectivity index is 2.50. The van der Waals surface area contributed by atoms with Gasteiger partial charge in [-0.3, -0.25) is 0 Å². The standard InChI is InChI=1S/C15H14O2P/c1-10(2)11-7-8-14-13(9-11)12-5-3-4-6-15(12)18(16)17-14/h3-10H,1-2H3/q+1. The first kappa shape index (κ1) is 11.4. The SMILES string of the molecule is CC(C)c1ccc2o[p+](=O)c3ccccc3c2c1. The number of hydrogen-bond acceptors (Lipinski definition) is 2. The predicted octanol–water partition coefficient (Wildman–Crippen LogP) is 5.45. The number of hydrogen-bond donors (Lipinski definition) is 0. The zero-order valence-corrected chi connectivity index (χ0v) is 11.3. The van der Waals surface area contributed by atoms with E-state index in [0.717, 1.165) is 21.5 Å². The van der Waals surface area contributed by atoms with Crippen molar-refractivity contribution in [1.82, 2.24) is 0 Å². The molecule has 0 bridgehead atoms. The Morgan fingerprint density at radius 3 is 2.61 bits per heavy atom. The summed E-state index contributed by atoms with van der Waals surface area (Å²) in [4.78, 5) is 0. The van der Waals surface area contributed by atoms with Gasteiger partial charge in [-0.1, -0.05) is 32.0 Å². The second-order valence-electron chi connectivity index (χ2n) is 4.78. The Hall–Kier alpha value is -1.66. The van der Waals surface area contributed by atoms with Gasteiger partial charge in [-0.15, -0.1) is 0 Å². The van der Waals surface area contributed by atoms with Gasteiger partial charge in [-0.2, -0.15) is 0 Å². The van der Waals surface area contributed by atoms with Crippen molar-refractivity contribution in [3.63, 3.8) is 0 Å². The zero-order chi connectivity index (χ0) is 12.7. The summed E-state index contributed by atoms with van der Waals surface area (Å²) in [5.41, 5.74) is 1.99. The van der Waals surface area contributed by atoms with Crippen LogP contribution in [0.3, 0.4) is 0 Å². The van der Waals surface area contributed by atoms with E-state index >= 15 is 0 Å². The van der Waals surface area contributed by atoms with Crippen molar-refractivity contribution in [2.75, 3.05) is 0 Å². The molecule has 0 saturated carbocycles. The van der Waals surface area contributed by atoms with E-state index < -0.39 is 7.65 Å². The molecule has 0 saturated heterocycles. The third kappa shape index (κ3) is 1.74. The minimum absolute atomic E-state index is 0.471. The molecule has 1 unspecified atom stereocenters. The van der Waals surface area contributed by atoms with Crippen LogP contribution in [0, 0.1) is 0 Å². The van der Waals surface area contributed by atoms with Gasteiger partial charge in [0.2, 0.25) is 5.12 Å². The largest absolute Gasteiger partial charge is 0.597 e. The van der Waals surface area contributed by atoms with Crippen LogP contribution >= 0.6 is 7.65 Å². The summed E-state index contributed by atoms with van der Waals surface area (Å²) >= 11 is 0. The summed E-state index contributed by atoms with van der Waals surface area (Å²) in [6.45, 7) is 4.33. The summed E-state index contributed by atoms with van der Waals surface area (Å²) in [5, 5.41) is 2.87. The highest BCUT2D eigenvalue weighted by Gasteiger charge is 2.16. The lowest BCUT2D eigenvalue weighted by molar-refractivity contribution is 0.563. The average molecular weight is 257 g/mol. The van der Waals surface area contributed by atoms with E-state index in [1.807, 2.05) is 36.4 Å². The van der Waals surface area contributed by atoms with Crippen molar-refractivity contribution in [2.24, 2.45) is 0 Å². The van der Waals surface area contributed by atoms with Crippen LogP contribution in [0.2, 0.25) is 0 Å². The Morgan fingerprint density at radius 1 is 1.06 bits per heavy atom. The van der Waals surface area contributed by atoms with Gasteiger partial charge in [0.05, 0.1) is 0 Å². The average Bonchev–Trinajstić information content (AvgIpc) is 2.38. The molecule has 3 heteroatoms. The summed E-state index contributed by atoms with van der Waals surface area (Å²) in [6, 6.07) is 13.9. The van der Waals surface area contributed by atoms with E-state index in [9.17, 15) is 4.57 Å². The van der Waals surface area contributed by atoms with Gasteiger partial charge < -0.3 is 0 Å². The van der Waals surface area contributed by atoms with Crippen molar-refractivity contribution in [3.8, 4) is 0 Å². The molecule has 18 heavy (non-hydrogen) atoms. The van der Waals surface area contributed by atoms with Crippen LogP contribution in [0.1, 0.15) is 25.3 Å². The molecule has 0 fully saturated rings. The molecule has 0 aliphatic heterocycles.